The molecule has 20 heavy (non-hydrogen) atoms. The van der Waals surface area contributed by atoms with Crippen LogP contribution in [0.1, 0.15) is 22.2 Å². The molecule has 3 rings (SSSR count). The number of piperazine rings is 1. The molecule has 1 aliphatic rings. The third-order valence-electron chi connectivity index (χ3n) is 3.76. The molecule has 2 heterocycles. The fraction of sp³-hybridized carbons (Fsp3) is 0.333. The van der Waals surface area contributed by atoms with Crippen LogP contribution in [0.2, 0.25) is 0 Å². The van der Waals surface area contributed by atoms with Crippen LogP contribution in [0.3, 0.4) is 0 Å². The smallest absolute Gasteiger partial charge is 0.291 e. The van der Waals surface area contributed by atoms with E-state index in [9.17, 15) is 4.79 Å². The van der Waals surface area contributed by atoms with Gasteiger partial charge in [-0.2, -0.15) is 0 Å². The number of carbonyl (C=O) groups excluding carboxylic acids is 1. The molecule has 0 N–H and O–H groups in total. The van der Waals surface area contributed by atoms with Gasteiger partial charge in [0.1, 0.15) is 0 Å². The number of aromatic nitrogens is 1. The highest BCUT2D eigenvalue weighted by molar-refractivity contribution is 5.91. The molecule has 0 spiro atoms. The normalized spacial score (nSPS) is 20.1. The highest BCUT2D eigenvalue weighted by atomic mass is 16.3. The van der Waals surface area contributed by atoms with Gasteiger partial charge in [0, 0.05) is 19.6 Å². The van der Waals surface area contributed by atoms with Crippen LogP contribution in [-0.4, -0.2) is 47.4 Å². The molecule has 5 heteroatoms. The van der Waals surface area contributed by atoms with Crippen LogP contribution in [0, 0.1) is 0 Å². The van der Waals surface area contributed by atoms with Crippen molar-refractivity contribution in [3.05, 3.63) is 54.2 Å². The molecular weight excluding hydrogens is 254 g/mol. The number of oxazole rings is 1. The van der Waals surface area contributed by atoms with Crippen molar-refractivity contribution in [1.29, 1.82) is 0 Å². The van der Waals surface area contributed by atoms with Crippen LogP contribution < -0.4 is 0 Å². The summed E-state index contributed by atoms with van der Waals surface area (Å²) in [5.41, 5.74) is 1.23. The Morgan fingerprint density at radius 2 is 2.10 bits per heavy atom. The summed E-state index contributed by atoms with van der Waals surface area (Å²) >= 11 is 0. The van der Waals surface area contributed by atoms with E-state index in [0.717, 1.165) is 6.54 Å². The second-order valence-corrected chi connectivity index (χ2v) is 5.02. The van der Waals surface area contributed by atoms with Crippen molar-refractivity contribution in [2.24, 2.45) is 0 Å². The van der Waals surface area contributed by atoms with E-state index in [4.69, 9.17) is 4.42 Å². The molecule has 1 saturated heterocycles. The zero-order valence-corrected chi connectivity index (χ0v) is 11.4. The minimum atomic E-state index is -0.0865. The third-order valence-corrected chi connectivity index (χ3v) is 3.76. The summed E-state index contributed by atoms with van der Waals surface area (Å²) in [5.74, 6) is 0.220. The van der Waals surface area contributed by atoms with Crippen LogP contribution in [0.25, 0.3) is 0 Å². The molecule has 0 radical (unpaired) electrons. The Bertz CT molecular complexity index is 568. The summed E-state index contributed by atoms with van der Waals surface area (Å²) in [5, 5.41) is 0. The minimum absolute atomic E-state index is 0.0865. The zero-order chi connectivity index (χ0) is 13.9. The number of rotatable bonds is 2. The minimum Gasteiger partial charge on any atom is -0.438 e. The van der Waals surface area contributed by atoms with Crippen LogP contribution in [0.5, 0.6) is 0 Å². The largest absolute Gasteiger partial charge is 0.438 e. The van der Waals surface area contributed by atoms with Crippen molar-refractivity contribution in [1.82, 2.24) is 14.8 Å². The molecule has 5 nitrogen and oxygen atoms in total. The molecule has 1 fully saturated rings. The average molecular weight is 271 g/mol. The number of carbonyl (C=O) groups is 1. The van der Waals surface area contributed by atoms with Crippen molar-refractivity contribution in [2.45, 2.75) is 6.04 Å². The second kappa shape index (κ2) is 5.46. The summed E-state index contributed by atoms with van der Waals surface area (Å²) in [6.07, 6.45) is 2.76. The van der Waals surface area contributed by atoms with Crippen LogP contribution in [0.4, 0.5) is 0 Å². The standard InChI is InChI=1S/C15H17N3O2/c1-17-7-8-18(15(19)14-9-16-11-20-14)10-13(17)12-5-3-2-4-6-12/h2-6,9,11,13H,7-8,10H2,1H3/t13-/m0/s1. The molecule has 1 aliphatic heterocycles. The Hall–Kier alpha value is -2.14. The van der Waals surface area contributed by atoms with Gasteiger partial charge in [0.05, 0.1) is 12.2 Å². The van der Waals surface area contributed by atoms with E-state index in [2.05, 4.69) is 29.1 Å². The van der Waals surface area contributed by atoms with E-state index in [1.165, 1.54) is 18.2 Å². The Balaban J connectivity index is 1.78. The van der Waals surface area contributed by atoms with E-state index >= 15 is 0 Å². The number of benzene rings is 1. The lowest BCUT2D eigenvalue weighted by Crippen LogP contribution is -2.48. The van der Waals surface area contributed by atoms with Crippen LogP contribution in [0.15, 0.2) is 47.3 Å². The van der Waals surface area contributed by atoms with Gasteiger partial charge in [-0.3, -0.25) is 9.69 Å². The molecular formula is C15H17N3O2. The van der Waals surface area contributed by atoms with Gasteiger partial charge in [-0.25, -0.2) is 4.98 Å². The summed E-state index contributed by atoms with van der Waals surface area (Å²) in [6.45, 7) is 2.22. The quantitative estimate of drug-likeness (QED) is 0.835. The van der Waals surface area contributed by atoms with Crippen LogP contribution >= 0.6 is 0 Å². The molecule has 0 aliphatic carbocycles. The Labute approximate surface area is 117 Å². The average Bonchev–Trinajstić information content (AvgIpc) is 3.02. The predicted molar refractivity (Wildman–Crippen MR) is 74.2 cm³/mol. The summed E-state index contributed by atoms with van der Waals surface area (Å²) in [4.78, 5) is 20.2. The van der Waals surface area contributed by atoms with Gasteiger partial charge in [0.25, 0.3) is 5.91 Å². The van der Waals surface area contributed by atoms with Crippen LogP contribution in [-0.2, 0) is 0 Å². The molecule has 1 aromatic carbocycles. The Morgan fingerprint density at radius 3 is 2.80 bits per heavy atom. The molecule has 0 unspecified atom stereocenters. The highest BCUT2D eigenvalue weighted by Crippen LogP contribution is 2.24. The van der Waals surface area contributed by atoms with E-state index < -0.39 is 0 Å². The number of hydrogen-bond donors (Lipinski definition) is 0. The SMILES string of the molecule is CN1CCN(C(=O)c2cnco2)C[C@H]1c1ccccc1. The Kier molecular flexibility index (Phi) is 3.52. The van der Waals surface area contributed by atoms with E-state index in [-0.39, 0.29) is 11.9 Å². The molecule has 0 bridgehead atoms. The topological polar surface area (TPSA) is 49.6 Å². The second-order valence-electron chi connectivity index (χ2n) is 5.02. The number of nitrogens with zero attached hydrogens (tertiary/aromatic N) is 3. The first-order chi connectivity index (χ1) is 9.75. The Morgan fingerprint density at radius 1 is 1.30 bits per heavy atom. The molecule has 104 valence electrons. The first-order valence-electron chi connectivity index (χ1n) is 6.68. The first kappa shape index (κ1) is 12.9. The predicted octanol–water partition coefficient (Wildman–Crippen LogP) is 1.80. The third kappa shape index (κ3) is 2.44. The fourth-order valence-electron chi connectivity index (χ4n) is 2.57. The molecule has 1 aromatic heterocycles. The fourth-order valence-corrected chi connectivity index (χ4v) is 2.57. The maximum absolute atomic E-state index is 12.3. The lowest BCUT2D eigenvalue weighted by molar-refractivity contribution is 0.0517. The number of likely N-dealkylation sites (N-methyl/N-ethyl adjacent to an activating group) is 1. The lowest BCUT2D eigenvalue weighted by Gasteiger charge is -2.39. The van der Waals surface area contributed by atoms with Gasteiger partial charge in [0.15, 0.2) is 6.39 Å². The van der Waals surface area contributed by atoms with E-state index in [0.29, 0.717) is 18.8 Å². The van der Waals surface area contributed by atoms with Gasteiger partial charge in [-0.1, -0.05) is 30.3 Å². The lowest BCUT2D eigenvalue weighted by atomic mass is 10.0. The number of amides is 1. The summed E-state index contributed by atoms with van der Waals surface area (Å²) < 4.78 is 5.10. The van der Waals surface area contributed by atoms with Crippen molar-refractivity contribution < 1.29 is 9.21 Å². The maximum atomic E-state index is 12.3. The number of hydrogen-bond acceptors (Lipinski definition) is 4. The first-order valence-corrected chi connectivity index (χ1v) is 6.68. The van der Waals surface area contributed by atoms with Crippen molar-refractivity contribution in [3.63, 3.8) is 0 Å². The zero-order valence-electron chi connectivity index (χ0n) is 11.4. The molecule has 1 amide bonds. The molecule has 2 aromatic rings. The summed E-state index contributed by atoms with van der Waals surface area (Å²) in [7, 11) is 2.09. The van der Waals surface area contributed by atoms with Crippen molar-refractivity contribution in [2.75, 3.05) is 26.7 Å². The molecule has 1 atom stereocenters. The maximum Gasteiger partial charge on any atom is 0.291 e. The van der Waals surface area contributed by atoms with Crippen molar-refractivity contribution in [3.8, 4) is 0 Å². The van der Waals surface area contributed by atoms with Gasteiger partial charge in [0.2, 0.25) is 5.76 Å². The van der Waals surface area contributed by atoms with Gasteiger partial charge < -0.3 is 9.32 Å². The van der Waals surface area contributed by atoms with E-state index in [1.54, 1.807) is 0 Å². The van der Waals surface area contributed by atoms with E-state index in [1.807, 2.05) is 23.1 Å². The van der Waals surface area contributed by atoms with Crippen molar-refractivity contribution >= 4 is 5.91 Å². The monoisotopic (exact) mass is 271 g/mol. The molecule has 0 saturated carbocycles. The summed E-state index contributed by atoms with van der Waals surface area (Å²) in [6, 6.07) is 10.5. The van der Waals surface area contributed by atoms with Gasteiger partial charge >= 0.3 is 0 Å². The highest BCUT2D eigenvalue weighted by Gasteiger charge is 2.29. The van der Waals surface area contributed by atoms with Gasteiger partial charge in [-0.15, -0.1) is 0 Å². The van der Waals surface area contributed by atoms with Gasteiger partial charge in [-0.05, 0) is 12.6 Å².